The molecule has 0 bridgehead atoms. The molecule has 0 amide bonds. The van der Waals surface area contributed by atoms with Gasteiger partial charge in [-0.05, 0) is 81.6 Å². The first-order valence-corrected chi connectivity index (χ1v) is 15.0. The topological polar surface area (TPSA) is 65.9 Å². The molecule has 0 unspecified atom stereocenters. The largest absolute Gasteiger partial charge is 0.478 e. The van der Waals surface area contributed by atoms with E-state index in [4.69, 9.17) is 9.72 Å². The van der Waals surface area contributed by atoms with Gasteiger partial charge < -0.3 is 19.6 Å². The minimum absolute atomic E-state index is 0.389. The van der Waals surface area contributed by atoms with E-state index in [9.17, 15) is 23.1 Å². The molecule has 3 aromatic carbocycles. The summed E-state index contributed by atoms with van der Waals surface area (Å²) >= 11 is 1.49. The quantitative estimate of drug-likeness (QED) is 0.165. The van der Waals surface area contributed by atoms with Crippen LogP contribution in [0.15, 0.2) is 78.2 Å². The van der Waals surface area contributed by atoms with E-state index in [1.54, 1.807) is 12.1 Å². The van der Waals surface area contributed by atoms with E-state index in [0.717, 1.165) is 58.4 Å². The van der Waals surface area contributed by atoms with Crippen molar-refractivity contribution in [1.29, 1.82) is 0 Å². The molecular formula is C33H36F3N3O3S. The number of nitrogens with zero attached hydrogens (tertiary/aromatic N) is 3. The van der Waals surface area contributed by atoms with Gasteiger partial charge in [-0.25, -0.2) is 9.78 Å². The van der Waals surface area contributed by atoms with E-state index in [2.05, 4.69) is 47.9 Å². The lowest BCUT2D eigenvalue weighted by Gasteiger charge is -2.23. The molecule has 4 aromatic rings. The minimum Gasteiger partial charge on any atom is -0.478 e. The Bertz CT molecular complexity index is 1480. The first-order chi connectivity index (χ1) is 20.4. The highest BCUT2D eigenvalue weighted by molar-refractivity contribution is 7.14. The third kappa shape index (κ3) is 8.28. The normalized spacial score (nSPS) is 11.8. The SMILES string of the molecule is CCN(CC)c1ccc(-c2csc(N(CCc3ccc(OC(C)(C)C(=O)O)cc3)Cc3ccc(C(F)(F)F)cc3)n2)cc1. The zero-order valence-corrected chi connectivity index (χ0v) is 25.5. The zero-order chi connectivity index (χ0) is 31.2. The van der Waals surface area contributed by atoms with Crippen LogP contribution in [0.2, 0.25) is 0 Å². The number of carboxylic acid groups (broad SMARTS) is 1. The number of aliphatic carboxylic acids is 1. The first-order valence-electron chi connectivity index (χ1n) is 14.1. The fourth-order valence-electron chi connectivity index (χ4n) is 4.56. The van der Waals surface area contributed by atoms with Gasteiger partial charge in [0.25, 0.3) is 0 Å². The summed E-state index contributed by atoms with van der Waals surface area (Å²) in [5.41, 5.74) is 2.69. The summed E-state index contributed by atoms with van der Waals surface area (Å²) in [6, 6.07) is 20.8. The van der Waals surface area contributed by atoms with Gasteiger partial charge in [-0.15, -0.1) is 11.3 Å². The first kappa shape index (κ1) is 31.9. The third-order valence-corrected chi connectivity index (χ3v) is 8.09. The maximum absolute atomic E-state index is 13.1. The molecule has 0 saturated carbocycles. The standard InChI is InChI=1S/C33H36F3N3O3S/c1-5-38(6-2)27-15-11-25(12-16-27)29-22-43-31(37-29)39(21-24-7-13-26(14-8-24)33(34,35)36)20-19-23-9-17-28(18-10-23)42-32(3,4)30(40)41/h7-18,22H,5-6,19-21H2,1-4H3,(H,40,41). The molecule has 0 aliphatic heterocycles. The lowest BCUT2D eigenvalue weighted by atomic mass is 10.1. The maximum atomic E-state index is 13.1. The van der Waals surface area contributed by atoms with Crippen LogP contribution < -0.4 is 14.5 Å². The predicted octanol–water partition coefficient (Wildman–Crippen LogP) is 8.17. The molecule has 4 rings (SSSR count). The van der Waals surface area contributed by atoms with Crippen molar-refractivity contribution in [2.24, 2.45) is 0 Å². The van der Waals surface area contributed by atoms with Gasteiger partial charge in [0, 0.05) is 42.8 Å². The van der Waals surface area contributed by atoms with Gasteiger partial charge in [0.15, 0.2) is 10.7 Å². The van der Waals surface area contributed by atoms with Gasteiger partial charge in [-0.1, -0.05) is 36.4 Å². The Morgan fingerprint density at radius 3 is 2.05 bits per heavy atom. The van der Waals surface area contributed by atoms with Crippen LogP contribution in [0.25, 0.3) is 11.3 Å². The molecule has 6 nitrogen and oxygen atoms in total. The highest BCUT2D eigenvalue weighted by Gasteiger charge is 2.30. The van der Waals surface area contributed by atoms with E-state index < -0.39 is 23.3 Å². The van der Waals surface area contributed by atoms with Crippen LogP contribution in [0.1, 0.15) is 44.4 Å². The van der Waals surface area contributed by atoms with Crippen molar-refractivity contribution in [1.82, 2.24) is 4.98 Å². The van der Waals surface area contributed by atoms with Crippen molar-refractivity contribution in [2.75, 3.05) is 29.4 Å². The van der Waals surface area contributed by atoms with Crippen LogP contribution in [0.3, 0.4) is 0 Å². The van der Waals surface area contributed by atoms with Gasteiger partial charge in [0.1, 0.15) is 5.75 Å². The number of anilines is 2. The Morgan fingerprint density at radius 1 is 0.884 bits per heavy atom. The summed E-state index contributed by atoms with van der Waals surface area (Å²) in [4.78, 5) is 20.6. The summed E-state index contributed by atoms with van der Waals surface area (Å²) in [7, 11) is 0. The molecule has 0 radical (unpaired) electrons. The van der Waals surface area contributed by atoms with Gasteiger partial charge in [-0.3, -0.25) is 0 Å². The molecule has 0 saturated heterocycles. The van der Waals surface area contributed by atoms with Gasteiger partial charge in [0.05, 0.1) is 11.3 Å². The van der Waals surface area contributed by atoms with Crippen LogP contribution in [-0.4, -0.2) is 41.3 Å². The predicted molar refractivity (Wildman–Crippen MR) is 166 cm³/mol. The molecule has 0 spiro atoms. The van der Waals surface area contributed by atoms with E-state index >= 15 is 0 Å². The molecule has 1 N–H and O–H groups in total. The summed E-state index contributed by atoms with van der Waals surface area (Å²) in [6.07, 6.45) is -3.75. The second kappa shape index (κ2) is 13.5. The number of benzene rings is 3. The average Bonchev–Trinajstić information content (AvgIpc) is 3.47. The van der Waals surface area contributed by atoms with Gasteiger partial charge >= 0.3 is 12.1 Å². The minimum atomic E-state index is -4.39. The van der Waals surface area contributed by atoms with Crippen molar-refractivity contribution < 1.29 is 27.8 Å². The Hall–Kier alpha value is -4.05. The van der Waals surface area contributed by atoms with Crippen molar-refractivity contribution in [2.45, 2.75) is 52.4 Å². The summed E-state index contributed by atoms with van der Waals surface area (Å²) in [5.74, 6) is -0.604. The average molecular weight is 612 g/mol. The van der Waals surface area contributed by atoms with E-state index in [-0.39, 0.29) is 0 Å². The number of hydrogen-bond donors (Lipinski definition) is 1. The van der Waals surface area contributed by atoms with Crippen molar-refractivity contribution in [3.8, 4) is 17.0 Å². The Morgan fingerprint density at radius 2 is 1.49 bits per heavy atom. The number of hydrogen-bond acceptors (Lipinski definition) is 6. The second-order valence-electron chi connectivity index (χ2n) is 10.7. The summed E-state index contributed by atoms with van der Waals surface area (Å²) < 4.78 is 45.0. The molecule has 0 aliphatic rings. The number of rotatable bonds is 13. The third-order valence-electron chi connectivity index (χ3n) is 7.19. The Kier molecular flexibility index (Phi) is 10.0. The Labute approximate surface area is 254 Å². The number of aromatic nitrogens is 1. The maximum Gasteiger partial charge on any atom is 0.416 e. The van der Waals surface area contributed by atoms with E-state index in [0.29, 0.717) is 25.3 Å². The second-order valence-corrected chi connectivity index (χ2v) is 11.5. The van der Waals surface area contributed by atoms with Gasteiger partial charge in [0.2, 0.25) is 0 Å². The molecule has 1 heterocycles. The molecule has 0 aliphatic carbocycles. The molecule has 43 heavy (non-hydrogen) atoms. The van der Waals surface area contributed by atoms with Crippen LogP contribution in [-0.2, 0) is 23.9 Å². The lowest BCUT2D eigenvalue weighted by molar-refractivity contribution is -0.152. The van der Waals surface area contributed by atoms with E-state index in [1.165, 1.54) is 37.3 Å². The van der Waals surface area contributed by atoms with E-state index in [1.807, 2.05) is 17.5 Å². The molecule has 10 heteroatoms. The monoisotopic (exact) mass is 611 g/mol. The summed E-state index contributed by atoms with van der Waals surface area (Å²) in [6.45, 7) is 10.0. The van der Waals surface area contributed by atoms with Crippen molar-refractivity contribution in [3.05, 3.63) is 94.9 Å². The number of thiazole rings is 1. The number of carboxylic acids is 1. The lowest BCUT2D eigenvalue weighted by Crippen LogP contribution is -2.37. The molecule has 228 valence electrons. The molecule has 0 fully saturated rings. The fourth-order valence-corrected chi connectivity index (χ4v) is 5.42. The number of carbonyl (C=O) groups is 1. The van der Waals surface area contributed by atoms with Crippen molar-refractivity contribution in [3.63, 3.8) is 0 Å². The van der Waals surface area contributed by atoms with Crippen LogP contribution >= 0.6 is 11.3 Å². The van der Waals surface area contributed by atoms with Crippen LogP contribution in [0.4, 0.5) is 24.0 Å². The number of ether oxygens (including phenoxy) is 1. The van der Waals surface area contributed by atoms with Gasteiger partial charge in [-0.2, -0.15) is 13.2 Å². The van der Waals surface area contributed by atoms with Crippen molar-refractivity contribution >= 4 is 28.1 Å². The smallest absolute Gasteiger partial charge is 0.416 e. The zero-order valence-electron chi connectivity index (χ0n) is 24.7. The molecule has 1 aromatic heterocycles. The fraction of sp³-hybridized carbons (Fsp3) is 0.333. The summed E-state index contributed by atoms with van der Waals surface area (Å²) in [5, 5.41) is 12.1. The van der Waals surface area contributed by atoms with Crippen LogP contribution in [0, 0.1) is 0 Å². The number of halogens is 3. The highest BCUT2D eigenvalue weighted by atomic mass is 32.1. The Balaban J connectivity index is 1.53. The highest BCUT2D eigenvalue weighted by Crippen LogP contribution is 2.32. The number of alkyl halides is 3. The van der Waals surface area contributed by atoms with Crippen LogP contribution in [0.5, 0.6) is 5.75 Å². The molecule has 0 atom stereocenters. The molecular weight excluding hydrogens is 575 g/mol.